The minimum absolute atomic E-state index is 0.0889. The molecule has 1 aliphatic rings. The standard InChI is InChI=1S/C17H16FN5O2/c18-12-3-5-13(6-4-12)23-15(16(19)24)8-14(22-23)17(25)21-10-11-2-1-7-20-9-11/h1-7,9,15H,8,10H2,(H2,19,24)(H,21,25). The summed E-state index contributed by atoms with van der Waals surface area (Å²) >= 11 is 0. The lowest BCUT2D eigenvalue weighted by molar-refractivity contribution is -0.119. The molecule has 7 nitrogen and oxygen atoms in total. The molecule has 8 heteroatoms. The van der Waals surface area contributed by atoms with E-state index in [1.807, 2.05) is 6.07 Å². The summed E-state index contributed by atoms with van der Waals surface area (Å²) < 4.78 is 13.1. The van der Waals surface area contributed by atoms with Crippen LogP contribution >= 0.6 is 0 Å². The first-order chi connectivity index (χ1) is 12.0. The SMILES string of the molecule is NC(=O)C1CC(C(=O)NCc2cccnc2)=NN1c1ccc(F)cc1. The van der Waals surface area contributed by atoms with Crippen LogP contribution in [0.25, 0.3) is 0 Å². The maximum absolute atomic E-state index is 13.1. The number of primary amides is 1. The second kappa shape index (κ2) is 7.08. The van der Waals surface area contributed by atoms with Gasteiger partial charge in [-0.3, -0.25) is 19.6 Å². The summed E-state index contributed by atoms with van der Waals surface area (Å²) in [6.45, 7) is 0.295. The number of carbonyl (C=O) groups excluding carboxylic acids is 2. The van der Waals surface area contributed by atoms with Crippen molar-refractivity contribution in [2.45, 2.75) is 19.0 Å². The topological polar surface area (TPSA) is 101 Å². The number of hydrogen-bond donors (Lipinski definition) is 2. The summed E-state index contributed by atoms with van der Waals surface area (Å²) in [7, 11) is 0. The van der Waals surface area contributed by atoms with Crippen molar-refractivity contribution in [3.8, 4) is 0 Å². The second-order valence-electron chi connectivity index (χ2n) is 5.53. The molecule has 1 unspecified atom stereocenters. The molecule has 0 aliphatic carbocycles. The van der Waals surface area contributed by atoms with E-state index >= 15 is 0 Å². The molecule has 0 bridgehead atoms. The van der Waals surface area contributed by atoms with E-state index < -0.39 is 17.8 Å². The highest BCUT2D eigenvalue weighted by Gasteiger charge is 2.34. The third kappa shape index (κ3) is 3.79. The highest BCUT2D eigenvalue weighted by molar-refractivity contribution is 6.40. The summed E-state index contributed by atoms with van der Waals surface area (Å²) in [5, 5.41) is 8.28. The number of aromatic nitrogens is 1. The third-order valence-corrected chi connectivity index (χ3v) is 3.77. The molecule has 0 radical (unpaired) electrons. The first kappa shape index (κ1) is 16.6. The van der Waals surface area contributed by atoms with Gasteiger partial charge in [0.1, 0.15) is 17.6 Å². The van der Waals surface area contributed by atoms with Gasteiger partial charge in [-0.1, -0.05) is 6.07 Å². The molecule has 2 amide bonds. The largest absolute Gasteiger partial charge is 0.368 e. The van der Waals surface area contributed by atoms with E-state index in [0.29, 0.717) is 12.2 Å². The van der Waals surface area contributed by atoms with E-state index in [4.69, 9.17) is 5.73 Å². The smallest absolute Gasteiger partial charge is 0.267 e. The highest BCUT2D eigenvalue weighted by atomic mass is 19.1. The van der Waals surface area contributed by atoms with Crippen molar-refractivity contribution in [3.05, 3.63) is 60.2 Å². The van der Waals surface area contributed by atoms with Crippen LogP contribution in [0.15, 0.2) is 53.9 Å². The van der Waals surface area contributed by atoms with Gasteiger partial charge in [-0.15, -0.1) is 0 Å². The van der Waals surface area contributed by atoms with Crippen LogP contribution in [0, 0.1) is 5.82 Å². The average molecular weight is 341 g/mol. The van der Waals surface area contributed by atoms with Gasteiger partial charge in [0.2, 0.25) is 5.91 Å². The number of anilines is 1. The van der Waals surface area contributed by atoms with Crippen molar-refractivity contribution in [1.29, 1.82) is 0 Å². The Kier molecular flexibility index (Phi) is 4.69. The molecular weight excluding hydrogens is 325 g/mol. The van der Waals surface area contributed by atoms with Crippen molar-refractivity contribution in [1.82, 2.24) is 10.3 Å². The molecule has 0 saturated heterocycles. The van der Waals surface area contributed by atoms with Gasteiger partial charge in [-0.2, -0.15) is 5.10 Å². The molecule has 2 aromatic rings. The Morgan fingerprint density at radius 1 is 1.28 bits per heavy atom. The van der Waals surface area contributed by atoms with Gasteiger partial charge in [0.15, 0.2) is 0 Å². The summed E-state index contributed by atoms with van der Waals surface area (Å²) in [6.07, 6.45) is 3.38. The van der Waals surface area contributed by atoms with Crippen molar-refractivity contribution in [2.75, 3.05) is 5.01 Å². The number of amides is 2. The third-order valence-electron chi connectivity index (χ3n) is 3.77. The Bertz CT molecular complexity index is 808. The number of nitrogens with zero attached hydrogens (tertiary/aromatic N) is 3. The Labute approximate surface area is 143 Å². The van der Waals surface area contributed by atoms with Crippen LogP contribution in [0.2, 0.25) is 0 Å². The first-order valence-electron chi connectivity index (χ1n) is 7.63. The van der Waals surface area contributed by atoms with Gasteiger partial charge in [-0.05, 0) is 35.9 Å². The number of pyridine rings is 1. The predicted molar refractivity (Wildman–Crippen MR) is 90.0 cm³/mol. The highest BCUT2D eigenvalue weighted by Crippen LogP contribution is 2.24. The molecule has 0 fully saturated rings. The summed E-state index contributed by atoms with van der Waals surface area (Å²) in [5.41, 5.74) is 6.94. The lowest BCUT2D eigenvalue weighted by atomic mass is 10.1. The maximum Gasteiger partial charge on any atom is 0.267 e. The van der Waals surface area contributed by atoms with Crippen molar-refractivity contribution >= 4 is 23.2 Å². The number of halogens is 1. The Morgan fingerprint density at radius 2 is 2.04 bits per heavy atom. The number of carbonyl (C=O) groups is 2. The van der Waals surface area contributed by atoms with Gasteiger partial charge in [0, 0.05) is 25.4 Å². The quantitative estimate of drug-likeness (QED) is 0.846. The molecule has 128 valence electrons. The van der Waals surface area contributed by atoms with E-state index in [1.165, 1.54) is 29.3 Å². The zero-order valence-corrected chi connectivity index (χ0v) is 13.2. The molecule has 25 heavy (non-hydrogen) atoms. The van der Waals surface area contributed by atoms with Crippen molar-refractivity contribution in [3.63, 3.8) is 0 Å². The molecule has 3 N–H and O–H groups in total. The summed E-state index contributed by atoms with van der Waals surface area (Å²) in [4.78, 5) is 28.0. The number of nitrogens with two attached hydrogens (primary N) is 1. The minimum atomic E-state index is -0.787. The zero-order valence-electron chi connectivity index (χ0n) is 13.2. The number of hydrazone groups is 1. The normalized spacial score (nSPS) is 16.4. The van der Waals surface area contributed by atoms with Crippen LogP contribution in [-0.4, -0.2) is 28.6 Å². The second-order valence-corrected chi connectivity index (χ2v) is 5.53. The van der Waals surface area contributed by atoms with Crippen LogP contribution in [-0.2, 0) is 16.1 Å². The molecule has 0 saturated carbocycles. The molecule has 2 heterocycles. The van der Waals surface area contributed by atoms with Gasteiger partial charge in [0.05, 0.1) is 5.69 Å². The first-order valence-corrected chi connectivity index (χ1v) is 7.63. The predicted octanol–water partition coefficient (Wildman–Crippen LogP) is 0.957. The maximum atomic E-state index is 13.1. The number of rotatable bonds is 5. The average Bonchev–Trinajstić information content (AvgIpc) is 3.07. The van der Waals surface area contributed by atoms with Crippen molar-refractivity contribution < 1.29 is 14.0 Å². The minimum Gasteiger partial charge on any atom is -0.368 e. The number of nitrogens with one attached hydrogen (secondary N) is 1. The molecule has 3 rings (SSSR count). The van der Waals surface area contributed by atoms with Crippen LogP contribution in [0.1, 0.15) is 12.0 Å². The van der Waals surface area contributed by atoms with Crippen LogP contribution in [0.5, 0.6) is 0 Å². The van der Waals surface area contributed by atoms with E-state index in [9.17, 15) is 14.0 Å². The van der Waals surface area contributed by atoms with Crippen LogP contribution in [0.3, 0.4) is 0 Å². The van der Waals surface area contributed by atoms with Crippen molar-refractivity contribution in [2.24, 2.45) is 10.8 Å². The van der Waals surface area contributed by atoms with E-state index in [-0.39, 0.29) is 18.0 Å². The molecule has 1 aromatic heterocycles. The molecule has 1 atom stereocenters. The lowest BCUT2D eigenvalue weighted by Gasteiger charge is -2.20. The van der Waals surface area contributed by atoms with Crippen LogP contribution < -0.4 is 16.1 Å². The van der Waals surface area contributed by atoms with E-state index in [0.717, 1.165) is 5.56 Å². The van der Waals surface area contributed by atoms with Crippen LogP contribution in [0.4, 0.5) is 10.1 Å². The molecule has 1 aromatic carbocycles. The Balaban J connectivity index is 1.74. The fourth-order valence-corrected chi connectivity index (χ4v) is 2.49. The van der Waals surface area contributed by atoms with Gasteiger partial charge >= 0.3 is 0 Å². The fourth-order valence-electron chi connectivity index (χ4n) is 2.49. The lowest BCUT2D eigenvalue weighted by Crippen LogP contribution is -2.39. The summed E-state index contributed by atoms with van der Waals surface area (Å²) in [5.74, 6) is -1.40. The fraction of sp³-hybridized carbons (Fsp3) is 0.176. The van der Waals surface area contributed by atoms with Gasteiger partial charge < -0.3 is 11.1 Å². The monoisotopic (exact) mass is 341 g/mol. The van der Waals surface area contributed by atoms with Gasteiger partial charge in [-0.25, -0.2) is 4.39 Å². The molecular formula is C17H16FN5O2. The Morgan fingerprint density at radius 3 is 2.68 bits per heavy atom. The van der Waals surface area contributed by atoms with Gasteiger partial charge in [0.25, 0.3) is 5.91 Å². The van der Waals surface area contributed by atoms with E-state index in [1.54, 1.807) is 18.5 Å². The summed E-state index contributed by atoms with van der Waals surface area (Å²) in [6, 6.07) is 8.28. The number of benzene rings is 1. The van der Waals surface area contributed by atoms with E-state index in [2.05, 4.69) is 15.4 Å². The zero-order chi connectivity index (χ0) is 17.8. The number of hydrogen-bond acceptors (Lipinski definition) is 5. The Hall–Kier alpha value is -3.29. The molecule has 0 spiro atoms. The molecule has 1 aliphatic heterocycles.